The van der Waals surface area contributed by atoms with Gasteiger partial charge in [-0.2, -0.15) is 0 Å². The number of hydrogen-bond donors (Lipinski definition) is 2. The van der Waals surface area contributed by atoms with E-state index in [4.69, 9.17) is 16.7 Å². The van der Waals surface area contributed by atoms with Gasteiger partial charge in [-0.3, -0.25) is 0 Å². The van der Waals surface area contributed by atoms with Crippen molar-refractivity contribution in [3.05, 3.63) is 53.3 Å². The molecule has 2 rings (SSSR count). The van der Waals surface area contributed by atoms with Crippen LogP contribution < -0.4 is 10.2 Å². The standard InChI is InChI=1S/C16H20ClN3O/c1-12(15-4-3-9-18-16(15)17)19-13-5-7-14(8-6-13)20(2)10-11-21/h3-9,12,19,21H,10-11H2,1-2H3. The second kappa shape index (κ2) is 7.29. The van der Waals surface area contributed by atoms with E-state index < -0.39 is 0 Å². The monoisotopic (exact) mass is 305 g/mol. The maximum atomic E-state index is 8.95. The molecule has 5 heteroatoms. The van der Waals surface area contributed by atoms with Crippen LogP contribution in [0.3, 0.4) is 0 Å². The molecular weight excluding hydrogens is 286 g/mol. The molecule has 2 N–H and O–H groups in total. The Kier molecular flexibility index (Phi) is 5.42. The highest BCUT2D eigenvalue weighted by Crippen LogP contribution is 2.25. The Balaban J connectivity index is 2.05. The first-order chi connectivity index (χ1) is 10.1. The zero-order valence-corrected chi connectivity index (χ0v) is 13.0. The van der Waals surface area contributed by atoms with Gasteiger partial charge in [0, 0.05) is 36.7 Å². The lowest BCUT2D eigenvalue weighted by Gasteiger charge is -2.20. The Morgan fingerprint density at radius 1 is 1.29 bits per heavy atom. The van der Waals surface area contributed by atoms with Gasteiger partial charge in [-0.05, 0) is 37.3 Å². The summed E-state index contributed by atoms with van der Waals surface area (Å²) < 4.78 is 0. The lowest BCUT2D eigenvalue weighted by molar-refractivity contribution is 0.304. The van der Waals surface area contributed by atoms with Gasteiger partial charge in [0.05, 0.1) is 12.6 Å². The summed E-state index contributed by atoms with van der Waals surface area (Å²) in [5.41, 5.74) is 3.06. The fourth-order valence-corrected chi connectivity index (χ4v) is 2.42. The summed E-state index contributed by atoms with van der Waals surface area (Å²) in [5, 5.41) is 12.9. The quantitative estimate of drug-likeness (QED) is 0.804. The van der Waals surface area contributed by atoms with Crippen LogP contribution in [0.25, 0.3) is 0 Å². The average molecular weight is 306 g/mol. The Morgan fingerprint density at radius 3 is 2.62 bits per heavy atom. The van der Waals surface area contributed by atoms with Gasteiger partial charge >= 0.3 is 0 Å². The zero-order valence-electron chi connectivity index (χ0n) is 12.3. The summed E-state index contributed by atoms with van der Waals surface area (Å²) in [4.78, 5) is 6.10. The second-order valence-corrected chi connectivity index (χ2v) is 5.30. The van der Waals surface area contributed by atoms with Crippen LogP contribution in [0.2, 0.25) is 5.15 Å². The van der Waals surface area contributed by atoms with Crippen molar-refractivity contribution < 1.29 is 5.11 Å². The Hall–Kier alpha value is -1.78. The molecule has 21 heavy (non-hydrogen) atoms. The van der Waals surface area contributed by atoms with E-state index in [-0.39, 0.29) is 12.6 Å². The zero-order chi connectivity index (χ0) is 15.2. The minimum atomic E-state index is 0.0761. The number of hydrogen-bond acceptors (Lipinski definition) is 4. The maximum Gasteiger partial charge on any atom is 0.134 e. The molecule has 1 heterocycles. The van der Waals surface area contributed by atoms with Gasteiger partial charge in [0.2, 0.25) is 0 Å². The van der Waals surface area contributed by atoms with Crippen molar-refractivity contribution in [3.63, 3.8) is 0 Å². The summed E-state index contributed by atoms with van der Waals surface area (Å²) in [6.07, 6.45) is 1.68. The van der Waals surface area contributed by atoms with E-state index in [1.165, 1.54) is 0 Å². The van der Waals surface area contributed by atoms with Crippen LogP contribution in [0.1, 0.15) is 18.5 Å². The van der Waals surface area contributed by atoms with Gasteiger partial charge in [0.15, 0.2) is 0 Å². The molecule has 0 aliphatic heterocycles. The number of rotatable bonds is 6. The van der Waals surface area contributed by atoms with Crippen LogP contribution in [-0.4, -0.2) is 30.3 Å². The molecule has 0 aliphatic carbocycles. The van der Waals surface area contributed by atoms with Crippen molar-refractivity contribution in [1.82, 2.24) is 4.98 Å². The fraction of sp³-hybridized carbons (Fsp3) is 0.312. The van der Waals surface area contributed by atoms with Crippen LogP contribution >= 0.6 is 11.6 Å². The van der Waals surface area contributed by atoms with Crippen LogP contribution in [-0.2, 0) is 0 Å². The van der Waals surface area contributed by atoms with E-state index >= 15 is 0 Å². The summed E-state index contributed by atoms with van der Waals surface area (Å²) in [6.45, 7) is 2.82. The van der Waals surface area contributed by atoms with Crippen molar-refractivity contribution in [2.75, 3.05) is 30.4 Å². The highest BCUT2D eigenvalue weighted by Gasteiger charge is 2.10. The highest BCUT2D eigenvalue weighted by atomic mass is 35.5. The minimum Gasteiger partial charge on any atom is -0.395 e. The molecule has 112 valence electrons. The number of benzene rings is 1. The molecule has 0 bridgehead atoms. The SMILES string of the molecule is CC(Nc1ccc(N(C)CCO)cc1)c1cccnc1Cl. The van der Waals surface area contributed by atoms with Crippen molar-refractivity contribution in [3.8, 4) is 0 Å². The van der Waals surface area contributed by atoms with Crippen LogP contribution in [0, 0.1) is 0 Å². The lowest BCUT2D eigenvalue weighted by Crippen LogP contribution is -2.20. The predicted molar refractivity (Wildman–Crippen MR) is 88.1 cm³/mol. The molecule has 0 aliphatic rings. The number of aliphatic hydroxyl groups excluding tert-OH is 1. The topological polar surface area (TPSA) is 48.4 Å². The Labute approximate surface area is 130 Å². The summed E-state index contributed by atoms with van der Waals surface area (Å²) in [5.74, 6) is 0. The molecule has 1 atom stereocenters. The number of halogens is 1. The largest absolute Gasteiger partial charge is 0.395 e. The molecule has 0 saturated heterocycles. The summed E-state index contributed by atoms with van der Waals surface area (Å²) >= 11 is 6.11. The number of aromatic nitrogens is 1. The Bertz CT molecular complexity index is 574. The fourth-order valence-electron chi connectivity index (χ4n) is 2.14. The smallest absolute Gasteiger partial charge is 0.134 e. The molecule has 0 radical (unpaired) electrons. The van der Waals surface area contributed by atoms with Gasteiger partial charge in [0.1, 0.15) is 5.15 Å². The van der Waals surface area contributed by atoms with Gasteiger partial charge in [-0.1, -0.05) is 17.7 Å². The lowest BCUT2D eigenvalue weighted by atomic mass is 10.1. The summed E-state index contributed by atoms with van der Waals surface area (Å²) in [7, 11) is 1.96. The molecule has 1 aromatic carbocycles. The van der Waals surface area contributed by atoms with Gasteiger partial charge in [0.25, 0.3) is 0 Å². The first kappa shape index (κ1) is 15.6. The molecule has 1 unspecified atom stereocenters. The van der Waals surface area contributed by atoms with E-state index in [1.54, 1.807) is 6.20 Å². The first-order valence-electron chi connectivity index (χ1n) is 6.91. The molecule has 0 saturated carbocycles. The Morgan fingerprint density at radius 2 is 2.00 bits per heavy atom. The minimum absolute atomic E-state index is 0.0761. The maximum absolute atomic E-state index is 8.95. The van der Waals surface area contributed by atoms with Gasteiger partial charge in [-0.15, -0.1) is 0 Å². The van der Waals surface area contributed by atoms with E-state index in [1.807, 2.05) is 48.3 Å². The summed E-state index contributed by atoms with van der Waals surface area (Å²) in [6, 6.07) is 12.0. The molecule has 0 spiro atoms. The van der Waals surface area contributed by atoms with Crippen molar-refractivity contribution in [2.45, 2.75) is 13.0 Å². The number of nitrogens with zero attached hydrogens (tertiary/aromatic N) is 2. The highest BCUT2D eigenvalue weighted by molar-refractivity contribution is 6.30. The number of nitrogens with one attached hydrogen (secondary N) is 1. The third-order valence-electron chi connectivity index (χ3n) is 3.38. The molecular formula is C16H20ClN3O. The molecule has 0 fully saturated rings. The van der Waals surface area contributed by atoms with Crippen molar-refractivity contribution >= 4 is 23.0 Å². The number of pyridine rings is 1. The molecule has 1 aromatic heterocycles. The third-order valence-corrected chi connectivity index (χ3v) is 3.70. The van der Waals surface area contributed by atoms with Crippen molar-refractivity contribution in [1.29, 1.82) is 0 Å². The first-order valence-corrected chi connectivity index (χ1v) is 7.28. The number of anilines is 2. The van der Waals surface area contributed by atoms with Gasteiger partial charge in [-0.25, -0.2) is 4.98 Å². The van der Waals surface area contributed by atoms with E-state index in [0.29, 0.717) is 11.7 Å². The normalized spacial score (nSPS) is 12.0. The van der Waals surface area contributed by atoms with Crippen LogP contribution in [0.4, 0.5) is 11.4 Å². The van der Waals surface area contributed by atoms with E-state index in [2.05, 4.69) is 17.2 Å². The molecule has 2 aromatic rings. The van der Waals surface area contributed by atoms with E-state index in [0.717, 1.165) is 16.9 Å². The van der Waals surface area contributed by atoms with Crippen molar-refractivity contribution in [2.24, 2.45) is 0 Å². The molecule has 0 amide bonds. The van der Waals surface area contributed by atoms with E-state index in [9.17, 15) is 0 Å². The third kappa shape index (κ3) is 4.09. The van der Waals surface area contributed by atoms with Crippen LogP contribution in [0.15, 0.2) is 42.6 Å². The number of likely N-dealkylation sites (N-methyl/N-ethyl adjacent to an activating group) is 1. The molecule has 4 nitrogen and oxygen atoms in total. The predicted octanol–water partition coefficient (Wildman–Crippen LogP) is 3.34. The van der Waals surface area contributed by atoms with Gasteiger partial charge < -0.3 is 15.3 Å². The second-order valence-electron chi connectivity index (χ2n) is 4.94. The van der Waals surface area contributed by atoms with Crippen LogP contribution in [0.5, 0.6) is 0 Å². The average Bonchev–Trinajstić information content (AvgIpc) is 2.48. The number of aliphatic hydroxyl groups is 1.